The van der Waals surface area contributed by atoms with E-state index in [4.69, 9.17) is 19.0 Å². The smallest absolute Gasteiger partial charge is 0.219 e. The van der Waals surface area contributed by atoms with E-state index < -0.39 is 0 Å². The molecule has 2 N–H and O–H groups in total. The van der Waals surface area contributed by atoms with E-state index in [0.717, 1.165) is 10.0 Å². The third kappa shape index (κ3) is 19.0. The Morgan fingerprint density at radius 2 is 0.667 bits per heavy atom. The molecular formula is C83H59F5N26O3S3. The number of furan rings is 1. The summed E-state index contributed by atoms with van der Waals surface area (Å²) in [5, 5.41) is 30.1. The number of hydrogen-bond donors (Lipinski definition) is 1. The van der Waals surface area contributed by atoms with Crippen LogP contribution < -0.4 is 5.73 Å². The lowest BCUT2D eigenvalue weighted by Gasteiger charge is -2.06. The number of pyridine rings is 3. The zero-order valence-electron chi connectivity index (χ0n) is 62.3. The molecule has 0 radical (unpaired) electrons. The van der Waals surface area contributed by atoms with E-state index in [2.05, 4.69) is 100 Å². The summed E-state index contributed by atoms with van der Waals surface area (Å²) in [6.07, 6.45) is 18.8. The fraction of sp³-hybridized carbons (Fsp3) is 0.0602. The van der Waals surface area contributed by atoms with Crippen LogP contribution in [-0.4, -0.2) is 124 Å². The van der Waals surface area contributed by atoms with Crippen LogP contribution in [0, 0.1) is 29.1 Å². The number of nitrogens with two attached hydrogens (primary N) is 1. The van der Waals surface area contributed by atoms with Crippen molar-refractivity contribution in [1.82, 2.24) is 124 Å². The van der Waals surface area contributed by atoms with Gasteiger partial charge in [0.15, 0.2) is 74.3 Å². The highest BCUT2D eigenvalue weighted by Crippen LogP contribution is 2.31. The number of nitrogens with zero attached hydrogens (tertiary/aromatic N) is 25. The molecule has 0 unspecified atom stereocenters. The maximum Gasteiger partial charge on any atom is 0.219 e. The molecule has 15 heterocycles. The molecule has 0 bridgehead atoms. The van der Waals surface area contributed by atoms with Gasteiger partial charge in [-0.2, -0.15) is 0 Å². The van der Waals surface area contributed by atoms with Crippen LogP contribution in [0.25, 0.3) is 113 Å². The van der Waals surface area contributed by atoms with Crippen molar-refractivity contribution >= 4 is 39.8 Å². The summed E-state index contributed by atoms with van der Waals surface area (Å²) >= 11 is 4.38. The minimum absolute atomic E-state index is 0.225. The van der Waals surface area contributed by atoms with Crippen LogP contribution in [0.3, 0.4) is 0 Å². The minimum Gasteiger partial charge on any atom is -0.461 e. The molecule has 0 spiro atoms. The molecule has 0 atom stereocenters. The molecule has 5 aromatic carbocycles. The first-order valence-electron chi connectivity index (χ1n) is 36.2. The van der Waals surface area contributed by atoms with Crippen LogP contribution >= 0.6 is 34.0 Å². The van der Waals surface area contributed by atoms with Gasteiger partial charge in [-0.3, -0.25) is 9.97 Å². The van der Waals surface area contributed by atoms with Gasteiger partial charge in [0.1, 0.15) is 75.9 Å². The van der Waals surface area contributed by atoms with Gasteiger partial charge in [0.25, 0.3) is 0 Å². The second kappa shape index (κ2) is 37.3. The quantitative estimate of drug-likeness (QED) is 0.0693. The van der Waals surface area contributed by atoms with Gasteiger partial charge in [0.05, 0.1) is 39.0 Å². The van der Waals surface area contributed by atoms with E-state index >= 15 is 0 Å². The summed E-state index contributed by atoms with van der Waals surface area (Å²) < 4.78 is 93.4. The zero-order valence-corrected chi connectivity index (χ0v) is 64.7. The average Bonchev–Trinajstić information content (AvgIpc) is 1.67. The SMILES string of the molecule is Fc1ccccc1Cn1nc(-c2ccccn2)nc1-c1cocn1.Fc1ccccc1Cn1nc(-c2cocn2)nc1-c1ccccn1.Fc1ccccc1Cn1nc(-c2ncccn2)nc1-c1ccco1.Fc1ccccc1Cn1nc(-c2nccs2)nc1-c1nccs1.Nc1cccc(-c2nc(-c3nccs3)n(Cc3ccccc3F)n2)n1. The van der Waals surface area contributed by atoms with Crippen molar-refractivity contribution in [3.05, 3.63) is 342 Å². The van der Waals surface area contributed by atoms with Gasteiger partial charge < -0.3 is 19.0 Å². The van der Waals surface area contributed by atoms with E-state index in [9.17, 15) is 22.0 Å². The maximum absolute atomic E-state index is 14.0. The molecule has 0 amide bonds. The fourth-order valence-corrected chi connectivity index (χ4v) is 13.4. The molecule has 0 fully saturated rings. The van der Waals surface area contributed by atoms with Crippen molar-refractivity contribution in [3.63, 3.8) is 0 Å². The second-order valence-electron chi connectivity index (χ2n) is 25.2. The summed E-state index contributed by atoms with van der Waals surface area (Å²) in [5.41, 5.74) is 11.3. The van der Waals surface area contributed by atoms with Crippen LogP contribution in [0.15, 0.2) is 298 Å². The normalized spacial score (nSPS) is 10.9. The van der Waals surface area contributed by atoms with E-state index in [1.54, 1.807) is 200 Å². The highest BCUT2D eigenvalue weighted by molar-refractivity contribution is 7.13. The van der Waals surface area contributed by atoms with Gasteiger partial charge in [-0.05, 0) is 84.9 Å². The molecule has 29 nitrogen and oxygen atoms in total. The summed E-state index contributed by atoms with van der Waals surface area (Å²) in [7, 11) is 0. The Hall–Kier alpha value is -15.6. The fourth-order valence-electron chi connectivity index (χ4n) is 11.6. The Kier molecular flexibility index (Phi) is 24.3. The Balaban J connectivity index is 0.000000112. The number of thiazole rings is 3. The highest BCUT2D eigenvalue weighted by Gasteiger charge is 2.24. The summed E-state index contributed by atoms with van der Waals surface area (Å²) in [4.78, 5) is 64.7. The largest absolute Gasteiger partial charge is 0.461 e. The Labute approximate surface area is 688 Å². The Morgan fingerprint density at radius 3 is 1.11 bits per heavy atom. The van der Waals surface area contributed by atoms with Crippen molar-refractivity contribution in [1.29, 1.82) is 0 Å². The molecule has 20 aromatic rings. The molecule has 20 rings (SSSR count). The van der Waals surface area contributed by atoms with Gasteiger partial charge in [-0.25, -0.2) is 110 Å². The lowest BCUT2D eigenvalue weighted by molar-refractivity contribution is 0.557. The van der Waals surface area contributed by atoms with E-state index in [0.29, 0.717) is 143 Å². The first-order valence-corrected chi connectivity index (χ1v) is 38.8. The molecule has 0 saturated carbocycles. The van der Waals surface area contributed by atoms with Gasteiger partial charge in [0, 0.05) is 87.3 Å². The molecule has 15 aromatic heterocycles. The van der Waals surface area contributed by atoms with Crippen molar-refractivity contribution in [2.75, 3.05) is 5.73 Å². The zero-order chi connectivity index (χ0) is 81.9. The lowest BCUT2D eigenvalue weighted by atomic mass is 10.2. The molecule has 0 aliphatic carbocycles. The van der Waals surface area contributed by atoms with Crippen molar-refractivity contribution in [2.24, 2.45) is 0 Å². The number of aromatic nitrogens is 25. The second-order valence-corrected chi connectivity index (χ2v) is 27.9. The van der Waals surface area contributed by atoms with Crippen LogP contribution in [0.5, 0.6) is 0 Å². The standard InChI is InChI=1S/C17H13FN6S.3C17H12FN5O.C15H10FN5S2/c18-12-5-2-1-4-11(12)10-24-16(17-20-8-9-25-17)22-15(23-24)13-6-3-7-14(19)21-13;18-13-6-2-1-5-12(13)11-23-17(14-7-3-10-24-14)21-16(22-23)15-19-8-4-9-20-15;18-13-6-2-1-5-12(13)9-23-17(14-7-3-4-8-19-14)21-16(22-23)15-10-24-11-20-15;18-13-6-2-1-5-12(13)9-23-17(15-10-24-11-20-15)21-16(22-23)14-7-3-4-8-19-14;16-11-4-2-1-3-10(11)9-21-13(15-18-6-8-23-15)19-12(20-21)14-17-5-7-22-14/h1-9H,10H2,(H2,19,21);1-10H,11H2;2*1-8,10-11H,9H2;1-8H,9H2. The van der Waals surface area contributed by atoms with Crippen molar-refractivity contribution in [2.45, 2.75) is 32.7 Å². The summed E-state index contributed by atoms with van der Waals surface area (Å²) in [6, 6.07) is 54.5. The van der Waals surface area contributed by atoms with Crippen LogP contribution in [0.2, 0.25) is 0 Å². The number of anilines is 1. The number of benzene rings is 5. The Morgan fingerprint density at radius 1 is 0.283 bits per heavy atom. The van der Waals surface area contributed by atoms with E-state index in [1.165, 1.54) is 89.7 Å². The van der Waals surface area contributed by atoms with E-state index in [1.807, 2.05) is 52.5 Å². The number of nitrogen functional groups attached to an aromatic ring is 1. The third-order valence-electron chi connectivity index (χ3n) is 17.2. The molecular weight excluding hydrogens is 1600 g/mol. The van der Waals surface area contributed by atoms with Gasteiger partial charge in [0.2, 0.25) is 23.3 Å². The van der Waals surface area contributed by atoms with Crippen LogP contribution in [0.1, 0.15) is 27.8 Å². The first-order chi connectivity index (χ1) is 58.9. The van der Waals surface area contributed by atoms with Crippen LogP contribution in [0.4, 0.5) is 27.8 Å². The van der Waals surface area contributed by atoms with Gasteiger partial charge >= 0.3 is 0 Å². The molecule has 0 aliphatic heterocycles. The van der Waals surface area contributed by atoms with Crippen molar-refractivity contribution in [3.8, 4) is 113 Å². The summed E-state index contributed by atoms with van der Waals surface area (Å²) in [5.74, 6) is 4.78. The average molecular weight is 1660 g/mol. The van der Waals surface area contributed by atoms with Gasteiger partial charge in [-0.1, -0.05) is 109 Å². The molecule has 0 saturated heterocycles. The molecule has 592 valence electrons. The third-order valence-corrected chi connectivity index (χ3v) is 19.5. The monoisotopic (exact) mass is 1660 g/mol. The highest BCUT2D eigenvalue weighted by atomic mass is 32.1. The number of oxazole rings is 2. The van der Waals surface area contributed by atoms with E-state index in [-0.39, 0.29) is 55.3 Å². The minimum atomic E-state index is -0.295. The lowest BCUT2D eigenvalue weighted by Crippen LogP contribution is -2.06. The summed E-state index contributed by atoms with van der Waals surface area (Å²) in [6.45, 7) is 1.23. The number of rotatable bonds is 20. The van der Waals surface area contributed by atoms with Crippen molar-refractivity contribution < 1.29 is 35.2 Å². The molecule has 0 aliphatic rings. The predicted molar refractivity (Wildman–Crippen MR) is 435 cm³/mol. The number of hydrogen-bond acceptors (Lipinski definition) is 27. The topological polar surface area (TPSA) is 348 Å². The molecule has 37 heteroatoms. The van der Waals surface area contributed by atoms with Crippen LogP contribution in [-0.2, 0) is 32.7 Å². The Bertz CT molecular complexity index is 6480. The predicted octanol–water partition coefficient (Wildman–Crippen LogP) is 16.5. The molecule has 120 heavy (non-hydrogen) atoms. The maximum atomic E-state index is 14.0. The number of halogens is 5. The van der Waals surface area contributed by atoms with Gasteiger partial charge in [-0.15, -0.1) is 59.5 Å². The first kappa shape index (κ1) is 78.3.